The van der Waals surface area contributed by atoms with Gasteiger partial charge in [0.25, 0.3) is 0 Å². The Kier molecular flexibility index (Phi) is 5.79. The van der Waals surface area contributed by atoms with E-state index in [4.69, 9.17) is 4.84 Å². The van der Waals surface area contributed by atoms with E-state index in [1.54, 1.807) is 35.4 Å². The Morgan fingerprint density at radius 1 is 1.08 bits per heavy atom. The number of hydrogen-bond acceptors (Lipinski definition) is 4. The van der Waals surface area contributed by atoms with Gasteiger partial charge in [-0.05, 0) is 48.1 Å². The van der Waals surface area contributed by atoms with Crippen LogP contribution in [0.5, 0.6) is 0 Å². The van der Waals surface area contributed by atoms with Crippen molar-refractivity contribution in [3.63, 3.8) is 0 Å². The number of piperidine rings is 1. The van der Waals surface area contributed by atoms with Crippen molar-refractivity contribution in [3.05, 3.63) is 71.0 Å². The minimum absolute atomic E-state index is 0.270. The number of carbonyl (C=O) groups is 1. The standard InChI is InChI=1S/C20H22FNO3/c21-18-9-7-15(8-10-18)13-16-5-4-6-17(14-16)19(23)20(24)25-22-11-2-1-3-12-22/h4-10,14,19,23H,1-3,11-13H2/t19-/m1/s1. The van der Waals surface area contributed by atoms with Crippen LogP contribution in [0.1, 0.15) is 42.1 Å². The molecule has 1 aliphatic heterocycles. The Labute approximate surface area is 146 Å². The number of hydroxylamine groups is 2. The first kappa shape index (κ1) is 17.6. The van der Waals surface area contributed by atoms with E-state index in [9.17, 15) is 14.3 Å². The molecule has 5 heteroatoms. The third-order valence-electron chi connectivity index (χ3n) is 4.35. The smallest absolute Gasteiger partial charge is 0.358 e. The molecule has 0 unspecified atom stereocenters. The fourth-order valence-corrected chi connectivity index (χ4v) is 2.98. The van der Waals surface area contributed by atoms with Crippen molar-refractivity contribution >= 4 is 5.97 Å². The van der Waals surface area contributed by atoms with Gasteiger partial charge in [0, 0.05) is 13.1 Å². The molecule has 0 radical (unpaired) electrons. The van der Waals surface area contributed by atoms with Gasteiger partial charge in [0.2, 0.25) is 0 Å². The number of halogens is 1. The average molecular weight is 343 g/mol. The molecule has 25 heavy (non-hydrogen) atoms. The van der Waals surface area contributed by atoms with E-state index in [1.807, 2.05) is 6.07 Å². The molecule has 1 saturated heterocycles. The third kappa shape index (κ3) is 4.87. The van der Waals surface area contributed by atoms with Gasteiger partial charge in [-0.3, -0.25) is 0 Å². The molecule has 1 fully saturated rings. The highest BCUT2D eigenvalue weighted by atomic mass is 19.1. The zero-order valence-electron chi connectivity index (χ0n) is 14.0. The van der Waals surface area contributed by atoms with Crippen LogP contribution in [0.2, 0.25) is 0 Å². The van der Waals surface area contributed by atoms with Crippen molar-refractivity contribution in [3.8, 4) is 0 Å². The molecule has 0 aromatic heterocycles. The van der Waals surface area contributed by atoms with Crippen LogP contribution < -0.4 is 0 Å². The molecule has 1 aliphatic rings. The molecule has 1 N–H and O–H groups in total. The summed E-state index contributed by atoms with van der Waals surface area (Å²) in [7, 11) is 0. The molecular weight excluding hydrogens is 321 g/mol. The number of aliphatic hydroxyl groups is 1. The number of rotatable bonds is 5. The molecule has 0 aliphatic carbocycles. The fourth-order valence-electron chi connectivity index (χ4n) is 2.98. The molecule has 2 aromatic carbocycles. The molecular formula is C20H22FNO3. The zero-order valence-corrected chi connectivity index (χ0v) is 14.0. The second-order valence-corrected chi connectivity index (χ2v) is 6.35. The van der Waals surface area contributed by atoms with Crippen LogP contribution >= 0.6 is 0 Å². The van der Waals surface area contributed by atoms with E-state index in [-0.39, 0.29) is 5.82 Å². The summed E-state index contributed by atoms with van der Waals surface area (Å²) >= 11 is 0. The minimum atomic E-state index is -1.31. The largest absolute Gasteiger partial charge is 0.377 e. The van der Waals surface area contributed by atoms with Crippen molar-refractivity contribution in [1.82, 2.24) is 5.06 Å². The maximum atomic E-state index is 13.0. The number of aliphatic hydroxyl groups excluding tert-OH is 1. The molecule has 132 valence electrons. The zero-order chi connectivity index (χ0) is 17.6. The van der Waals surface area contributed by atoms with Crippen LogP contribution in [-0.2, 0) is 16.1 Å². The molecule has 1 heterocycles. The topological polar surface area (TPSA) is 49.8 Å². The van der Waals surface area contributed by atoms with Gasteiger partial charge in [0.15, 0.2) is 6.10 Å². The van der Waals surface area contributed by atoms with E-state index in [1.165, 1.54) is 12.1 Å². The molecule has 3 rings (SSSR count). The quantitative estimate of drug-likeness (QED) is 0.904. The van der Waals surface area contributed by atoms with Crippen molar-refractivity contribution in [2.45, 2.75) is 31.8 Å². The lowest BCUT2D eigenvalue weighted by Gasteiger charge is -2.25. The van der Waals surface area contributed by atoms with Crippen molar-refractivity contribution in [1.29, 1.82) is 0 Å². The van der Waals surface area contributed by atoms with Crippen LogP contribution in [0.3, 0.4) is 0 Å². The second-order valence-electron chi connectivity index (χ2n) is 6.35. The SMILES string of the molecule is O=C(ON1CCCCC1)[C@H](O)c1cccc(Cc2ccc(F)cc2)c1. The first-order valence-corrected chi connectivity index (χ1v) is 8.60. The van der Waals surface area contributed by atoms with E-state index < -0.39 is 12.1 Å². The lowest BCUT2D eigenvalue weighted by molar-refractivity contribution is -0.204. The van der Waals surface area contributed by atoms with Crippen LogP contribution in [0.15, 0.2) is 48.5 Å². The first-order valence-electron chi connectivity index (χ1n) is 8.60. The number of benzene rings is 2. The van der Waals surface area contributed by atoms with Crippen LogP contribution in [0.4, 0.5) is 4.39 Å². The number of nitrogens with zero attached hydrogens (tertiary/aromatic N) is 1. The molecule has 0 saturated carbocycles. The molecule has 0 amide bonds. The third-order valence-corrected chi connectivity index (χ3v) is 4.35. The van der Waals surface area contributed by atoms with Gasteiger partial charge < -0.3 is 9.94 Å². The van der Waals surface area contributed by atoms with Crippen LogP contribution in [-0.4, -0.2) is 29.2 Å². The molecule has 2 aromatic rings. The maximum Gasteiger partial charge on any atom is 0.358 e. The summed E-state index contributed by atoms with van der Waals surface area (Å²) in [5, 5.41) is 11.9. The van der Waals surface area contributed by atoms with Crippen molar-refractivity contribution < 1.29 is 19.1 Å². The molecule has 4 nitrogen and oxygen atoms in total. The molecule has 0 bridgehead atoms. The van der Waals surface area contributed by atoms with Gasteiger partial charge in [-0.25, -0.2) is 9.18 Å². The highest BCUT2D eigenvalue weighted by Crippen LogP contribution is 2.20. The van der Waals surface area contributed by atoms with Crippen LogP contribution in [0.25, 0.3) is 0 Å². The predicted molar refractivity (Wildman–Crippen MR) is 92.1 cm³/mol. The van der Waals surface area contributed by atoms with E-state index >= 15 is 0 Å². The van der Waals surface area contributed by atoms with Gasteiger partial charge in [-0.2, -0.15) is 0 Å². The van der Waals surface area contributed by atoms with Crippen LogP contribution in [0, 0.1) is 5.82 Å². The van der Waals surface area contributed by atoms with Crippen molar-refractivity contribution in [2.75, 3.05) is 13.1 Å². The van der Waals surface area contributed by atoms with E-state index in [0.717, 1.165) is 30.4 Å². The lowest BCUT2D eigenvalue weighted by Crippen LogP contribution is -2.34. The van der Waals surface area contributed by atoms with Gasteiger partial charge >= 0.3 is 5.97 Å². The summed E-state index contributed by atoms with van der Waals surface area (Å²) < 4.78 is 13.0. The lowest BCUT2D eigenvalue weighted by atomic mass is 10.0. The van der Waals surface area contributed by atoms with Gasteiger partial charge in [0.1, 0.15) is 5.82 Å². The maximum absolute atomic E-state index is 13.0. The average Bonchev–Trinajstić information content (AvgIpc) is 2.64. The summed E-state index contributed by atoms with van der Waals surface area (Å²) in [5.41, 5.74) is 2.40. The minimum Gasteiger partial charge on any atom is -0.377 e. The number of hydrogen-bond donors (Lipinski definition) is 1. The van der Waals surface area contributed by atoms with Gasteiger partial charge in [-0.15, -0.1) is 5.06 Å². The molecule has 0 spiro atoms. The van der Waals surface area contributed by atoms with E-state index in [2.05, 4.69) is 0 Å². The highest BCUT2D eigenvalue weighted by Gasteiger charge is 2.23. The summed E-state index contributed by atoms with van der Waals surface area (Å²) in [6.45, 7) is 1.42. The van der Waals surface area contributed by atoms with Gasteiger partial charge in [0.05, 0.1) is 0 Å². The Balaban J connectivity index is 1.65. The monoisotopic (exact) mass is 343 g/mol. The Morgan fingerprint density at radius 3 is 2.52 bits per heavy atom. The van der Waals surface area contributed by atoms with Crippen molar-refractivity contribution in [2.24, 2.45) is 0 Å². The number of carbonyl (C=O) groups excluding carboxylic acids is 1. The summed E-state index contributed by atoms with van der Waals surface area (Å²) in [5.74, 6) is -0.922. The Hall–Kier alpha value is -2.24. The summed E-state index contributed by atoms with van der Waals surface area (Å²) in [6, 6.07) is 13.5. The first-order chi connectivity index (χ1) is 12.1. The fraction of sp³-hybridized carbons (Fsp3) is 0.350. The van der Waals surface area contributed by atoms with Gasteiger partial charge in [-0.1, -0.05) is 42.8 Å². The Bertz CT molecular complexity index is 711. The normalized spacial score (nSPS) is 16.4. The highest BCUT2D eigenvalue weighted by molar-refractivity contribution is 5.76. The summed E-state index contributed by atoms with van der Waals surface area (Å²) in [6.07, 6.45) is 2.42. The Morgan fingerprint density at radius 2 is 1.80 bits per heavy atom. The summed E-state index contributed by atoms with van der Waals surface area (Å²) in [4.78, 5) is 17.4. The molecule has 1 atom stereocenters. The second kappa shape index (κ2) is 8.23. The predicted octanol–water partition coefficient (Wildman–Crippen LogP) is 3.39. The van der Waals surface area contributed by atoms with E-state index in [0.29, 0.717) is 25.1 Å².